The van der Waals surface area contributed by atoms with Gasteiger partial charge in [-0.1, -0.05) is 0 Å². The third-order valence-corrected chi connectivity index (χ3v) is 3.62. The normalized spacial score (nSPS) is 19.4. The highest BCUT2D eigenvalue weighted by Crippen LogP contribution is 2.40. The van der Waals surface area contributed by atoms with Crippen molar-refractivity contribution in [3.63, 3.8) is 0 Å². The minimum Gasteiger partial charge on any atom is -0.496 e. The van der Waals surface area contributed by atoms with Crippen LogP contribution in [0, 0.1) is 13.8 Å². The van der Waals surface area contributed by atoms with E-state index >= 15 is 0 Å². The second-order valence-electron chi connectivity index (χ2n) is 4.66. The number of hydrogen-bond acceptors (Lipinski definition) is 3. The van der Waals surface area contributed by atoms with Crippen LogP contribution in [0.1, 0.15) is 29.0 Å². The zero-order valence-corrected chi connectivity index (χ0v) is 11.1. The summed E-state index contributed by atoms with van der Waals surface area (Å²) >= 11 is 0. The summed E-state index contributed by atoms with van der Waals surface area (Å²) in [5.74, 6) is 2.53. The maximum absolute atomic E-state index is 5.59. The van der Waals surface area contributed by atoms with Gasteiger partial charge >= 0.3 is 0 Å². The highest BCUT2D eigenvalue weighted by molar-refractivity contribution is 5.54. The van der Waals surface area contributed by atoms with Crippen LogP contribution < -0.4 is 14.8 Å². The molecule has 0 aromatic heterocycles. The highest BCUT2D eigenvalue weighted by atomic mass is 16.5. The van der Waals surface area contributed by atoms with Crippen molar-refractivity contribution in [1.29, 1.82) is 0 Å². The van der Waals surface area contributed by atoms with E-state index in [0.717, 1.165) is 30.2 Å². The van der Waals surface area contributed by atoms with E-state index in [9.17, 15) is 0 Å². The molecule has 1 aliphatic rings. The van der Waals surface area contributed by atoms with Crippen molar-refractivity contribution < 1.29 is 9.47 Å². The van der Waals surface area contributed by atoms with Crippen LogP contribution in [0.2, 0.25) is 0 Å². The van der Waals surface area contributed by atoms with E-state index < -0.39 is 0 Å². The molecule has 1 unspecified atom stereocenters. The van der Waals surface area contributed by atoms with Gasteiger partial charge in [-0.25, -0.2) is 0 Å². The van der Waals surface area contributed by atoms with E-state index in [2.05, 4.69) is 25.2 Å². The molecular formula is C14H21NO2. The molecule has 0 spiro atoms. The second kappa shape index (κ2) is 4.96. The zero-order chi connectivity index (χ0) is 12.4. The van der Waals surface area contributed by atoms with Crippen LogP contribution in [-0.4, -0.2) is 27.3 Å². The van der Waals surface area contributed by atoms with Gasteiger partial charge in [0.2, 0.25) is 0 Å². The monoisotopic (exact) mass is 235 g/mol. The molecular weight excluding hydrogens is 214 g/mol. The Morgan fingerprint density at radius 1 is 1.24 bits per heavy atom. The molecule has 1 saturated heterocycles. The summed E-state index contributed by atoms with van der Waals surface area (Å²) in [4.78, 5) is 0. The highest BCUT2D eigenvalue weighted by Gasteiger charge is 2.25. The molecule has 0 saturated carbocycles. The number of ether oxygens (including phenoxy) is 2. The van der Waals surface area contributed by atoms with Gasteiger partial charge in [-0.15, -0.1) is 0 Å². The van der Waals surface area contributed by atoms with Crippen molar-refractivity contribution >= 4 is 0 Å². The van der Waals surface area contributed by atoms with Crippen LogP contribution in [0.4, 0.5) is 0 Å². The predicted molar refractivity (Wildman–Crippen MR) is 69.2 cm³/mol. The molecule has 1 atom stereocenters. The van der Waals surface area contributed by atoms with Crippen molar-refractivity contribution in [3.05, 3.63) is 22.8 Å². The lowest BCUT2D eigenvalue weighted by atomic mass is 9.90. The summed E-state index contributed by atoms with van der Waals surface area (Å²) < 4.78 is 11.0. The predicted octanol–water partition coefficient (Wildman–Crippen LogP) is 2.40. The summed E-state index contributed by atoms with van der Waals surface area (Å²) in [6, 6.07) is 2.06. The van der Waals surface area contributed by atoms with Gasteiger partial charge in [0.25, 0.3) is 0 Å². The fourth-order valence-electron chi connectivity index (χ4n) is 2.76. The number of benzene rings is 1. The fourth-order valence-corrected chi connectivity index (χ4v) is 2.76. The Balaban J connectivity index is 2.55. The minimum absolute atomic E-state index is 0.541. The number of rotatable bonds is 3. The summed E-state index contributed by atoms with van der Waals surface area (Å²) in [7, 11) is 3.48. The zero-order valence-electron chi connectivity index (χ0n) is 11.1. The molecule has 94 valence electrons. The molecule has 1 N–H and O–H groups in total. The molecule has 1 heterocycles. The van der Waals surface area contributed by atoms with Gasteiger partial charge in [-0.3, -0.25) is 0 Å². The van der Waals surface area contributed by atoms with Gasteiger partial charge in [-0.2, -0.15) is 0 Å². The Bertz CT molecular complexity index is 409. The molecule has 3 heteroatoms. The van der Waals surface area contributed by atoms with E-state index in [1.165, 1.54) is 17.5 Å². The molecule has 0 aliphatic carbocycles. The van der Waals surface area contributed by atoms with E-state index in [4.69, 9.17) is 9.47 Å². The third-order valence-electron chi connectivity index (χ3n) is 3.62. The lowest BCUT2D eigenvalue weighted by Gasteiger charge is -2.21. The smallest absolute Gasteiger partial charge is 0.125 e. The van der Waals surface area contributed by atoms with Crippen LogP contribution in [0.3, 0.4) is 0 Å². The van der Waals surface area contributed by atoms with Crippen LogP contribution in [-0.2, 0) is 0 Å². The van der Waals surface area contributed by atoms with Crippen molar-refractivity contribution in [2.24, 2.45) is 0 Å². The maximum Gasteiger partial charge on any atom is 0.125 e. The Morgan fingerprint density at radius 3 is 2.53 bits per heavy atom. The molecule has 2 rings (SSSR count). The van der Waals surface area contributed by atoms with Gasteiger partial charge < -0.3 is 14.8 Å². The van der Waals surface area contributed by atoms with Gasteiger partial charge in [0, 0.05) is 18.0 Å². The summed E-state index contributed by atoms with van der Waals surface area (Å²) in [5.41, 5.74) is 3.68. The first-order valence-corrected chi connectivity index (χ1v) is 6.11. The maximum atomic E-state index is 5.59. The van der Waals surface area contributed by atoms with Gasteiger partial charge in [-0.05, 0) is 44.0 Å². The number of nitrogens with one attached hydrogen (secondary N) is 1. The number of methoxy groups -OCH3 is 2. The van der Waals surface area contributed by atoms with Gasteiger partial charge in [0.15, 0.2) is 0 Å². The van der Waals surface area contributed by atoms with Crippen molar-refractivity contribution in [2.75, 3.05) is 27.3 Å². The molecule has 0 bridgehead atoms. The van der Waals surface area contributed by atoms with Crippen molar-refractivity contribution in [3.8, 4) is 11.5 Å². The van der Waals surface area contributed by atoms with Crippen molar-refractivity contribution in [1.82, 2.24) is 5.32 Å². The van der Waals surface area contributed by atoms with Crippen LogP contribution in [0.25, 0.3) is 0 Å². The third kappa shape index (κ3) is 2.12. The second-order valence-corrected chi connectivity index (χ2v) is 4.66. The van der Waals surface area contributed by atoms with E-state index in [1.807, 2.05) is 0 Å². The standard InChI is InChI=1S/C14H21NO2/c1-9-7-12(16-3)10(2)13(14(9)17-4)11-5-6-15-8-11/h7,11,15H,5-6,8H2,1-4H3. The van der Waals surface area contributed by atoms with Crippen molar-refractivity contribution in [2.45, 2.75) is 26.2 Å². The van der Waals surface area contributed by atoms with Crippen LogP contribution in [0.15, 0.2) is 6.07 Å². The average molecular weight is 235 g/mol. The van der Waals surface area contributed by atoms with E-state index in [-0.39, 0.29) is 0 Å². The molecule has 3 nitrogen and oxygen atoms in total. The Labute approximate surface area is 103 Å². The molecule has 1 aromatic carbocycles. The topological polar surface area (TPSA) is 30.5 Å². The average Bonchev–Trinajstić information content (AvgIpc) is 2.84. The SMILES string of the molecule is COc1cc(C)c(OC)c(C2CCNC2)c1C. The molecule has 0 amide bonds. The van der Waals surface area contributed by atoms with Gasteiger partial charge in [0.1, 0.15) is 11.5 Å². The first kappa shape index (κ1) is 12.2. The Morgan fingerprint density at radius 2 is 2.00 bits per heavy atom. The molecule has 1 aromatic rings. The van der Waals surface area contributed by atoms with Crippen LogP contribution >= 0.6 is 0 Å². The first-order chi connectivity index (χ1) is 8.19. The summed E-state index contributed by atoms with van der Waals surface area (Å²) in [6.45, 7) is 6.31. The lowest BCUT2D eigenvalue weighted by Crippen LogP contribution is -2.11. The first-order valence-electron chi connectivity index (χ1n) is 6.11. The fraction of sp³-hybridized carbons (Fsp3) is 0.571. The molecule has 1 fully saturated rings. The quantitative estimate of drug-likeness (QED) is 0.872. The largest absolute Gasteiger partial charge is 0.496 e. The van der Waals surface area contributed by atoms with Crippen LogP contribution in [0.5, 0.6) is 11.5 Å². The minimum atomic E-state index is 0.541. The number of hydrogen-bond donors (Lipinski definition) is 1. The summed E-state index contributed by atoms with van der Waals surface area (Å²) in [6.07, 6.45) is 1.17. The lowest BCUT2D eigenvalue weighted by molar-refractivity contribution is 0.390. The molecule has 17 heavy (non-hydrogen) atoms. The Kier molecular flexibility index (Phi) is 3.57. The molecule has 0 radical (unpaired) electrons. The van der Waals surface area contributed by atoms with Gasteiger partial charge in [0.05, 0.1) is 14.2 Å². The Hall–Kier alpha value is -1.22. The summed E-state index contributed by atoms with van der Waals surface area (Å²) in [5, 5.41) is 3.41. The molecule has 1 aliphatic heterocycles. The van der Waals surface area contributed by atoms with E-state index in [0.29, 0.717) is 5.92 Å². The van der Waals surface area contributed by atoms with E-state index in [1.54, 1.807) is 14.2 Å². The number of aryl methyl sites for hydroxylation is 1.